The first kappa shape index (κ1) is 22.8. The number of amides is 1. The molecule has 3 rings (SSSR count). The number of halogens is 3. The highest BCUT2D eigenvalue weighted by atomic mass is 35.5. The molecule has 0 bridgehead atoms. The SMILES string of the molecule is COc1ccc(C(=O)NC(C)c2cc(F)c(Cl)cc2Cl)cc1S(=O)(=O)N1CCCC1. The fraction of sp³-hybridized carbons (Fsp3) is 0.350. The van der Waals surface area contributed by atoms with Gasteiger partial charge in [0.05, 0.1) is 18.2 Å². The van der Waals surface area contributed by atoms with Crippen molar-refractivity contribution in [2.45, 2.75) is 30.7 Å². The molecule has 30 heavy (non-hydrogen) atoms. The van der Waals surface area contributed by atoms with E-state index in [1.807, 2.05) is 0 Å². The van der Waals surface area contributed by atoms with Gasteiger partial charge in [-0.3, -0.25) is 4.79 Å². The van der Waals surface area contributed by atoms with Crippen LogP contribution in [0.1, 0.15) is 41.7 Å². The first-order valence-corrected chi connectivity index (χ1v) is 11.5. The molecule has 1 aliphatic rings. The van der Waals surface area contributed by atoms with Gasteiger partial charge in [0.2, 0.25) is 10.0 Å². The Hall–Kier alpha value is -1.87. The second kappa shape index (κ2) is 9.09. The predicted molar refractivity (Wildman–Crippen MR) is 113 cm³/mol. The molecule has 0 saturated carbocycles. The number of hydrogen-bond acceptors (Lipinski definition) is 4. The summed E-state index contributed by atoms with van der Waals surface area (Å²) in [5.41, 5.74) is 0.483. The second-order valence-electron chi connectivity index (χ2n) is 6.96. The Morgan fingerprint density at radius 2 is 1.83 bits per heavy atom. The predicted octanol–water partition coefficient (Wildman–Crippen LogP) is 4.42. The van der Waals surface area contributed by atoms with Gasteiger partial charge in [0.15, 0.2) is 0 Å². The lowest BCUT2D eigenvalue weighted by Crippen LogP contribution is -2.29. The van der Waals surface area contributed by atoms with E-state index < -0.39 is 27.8 Å². The van der Waals surface area contributed by atoms with Crippen LogP contribution >= 0.6 is 23.2 Å². The van der Waals surface area contributed by atoms with E-state index in [1.54, 1.807) is 6.92 Å². The zero-order valence-corrected chi connectivity index (χ0v) is 18.7. The van der Waals surface area contributed by atoms with Crippen molar-refractivity contribution in [1.29, 1.82) is 0 Å². The lowest BCUT2D eigenvalue weighted by atomic mass is 10.1. The molecule has 1 saturated heterocycles. The summed E-state index contributed by atoms with van der Waals surface area (Å²) in [6.45, 7) is 2.50. The van der Waals surface area contributed by atoms with Crippen molar-refractivity contribution in [2.75, 3.05) is 20.2 Å². The summed E-state index contributed by atoms with van der Waals surface area (Å²) >= 11 is 11.8. The Labute approximate surface area is 185 Å². The molecule has 0 radical (unpaired) electrons. The van der Waals surface area contributed by atoms with Gasteiger partial charge in [0.25, 0.3) is 5.91 Å². The third-order valence-electron chi connectivity index (χ3n) is 4.96. The molecule has 162 valence electrons. The molecular weight excluding hydrogens is 454 g/mol. The van der Waals surface area contributed by atoms with Gasteiger partial charge < -0.3 is 10.1 Å². The highest BCUT2D eigenvalue weighted by Crippen LogP contribution is 2.31. The summed E-state index contributed by atoms with van der Waals surface area (Å²) in [6, 6.07) is 5.99. The maximum absolute atomic E-state index is 13.8. The largest absolute Gasteiger partial charge is 0.495 e. The van der Waals surface area contributed by atoms with E-state index in [4.69, 9.17) is 27.9 Å². The number of nitrogens with zero attached hydrogens (tertiary/aromatic N) is 1. The third kappa shape index (κ3) is 4.56. The highest BCUT2D eigenvalue weighted by molar-refractivity contribution is 7.89. The molecule has 1 unspecified atom stereocenters. The van der Waals surface area contributed by atoms with Gasteiger partial charge in [-0.1, -0.05) is 23.2 Å². The van der Waals surface area contributed by atoms with E-state index in [9.17, 15) is 17.6 Å². The Balaban J connectivity index is 1.89. The molecule has 2 aromatic carbocycles. The Morgan fingerprint density at radius 3 is 2.47 bits per heavy atom. The molecule has 1 heterocycles. The maximum atomic E-state index is 13.8. The lowest BCUT2D eigenvalue weighted by molar-refractivity contribution is 0.0939. The van der Waals surface area contributed by atoms with Gasteiger partial charge in [-0.15, -0.1) is 0 Å². The minimum absolute atomic E-state index is 0.0669. The van der Waals surface area contributed by atoms with Crippen molar-refractivity contribution in [2.24, 2.45) is 0 Å². The van der Waals surface area contributed by atoms with E-state index in [1.165, 1.54) is 35.7 Å². The van der Waals surface area contributed by atoms with Crippen molar-refractivity contribution < 1.29 is 22.3 Å². The fourth-order valence-electron chi connectivity index (χ4n) is 3.31. The van der Waals surface area contributed by atoms with Gasteiger partial charge in [0, 0.05) is 23.7 Å². The second-order valence-corrected chi connectivity index (χ2v) is 9.68. The third-order valence-corrected chi connectivity index (χ3v) is 7.50. The summed E-state index contributed by atoms with van der Waals surface area (Å²) in [5, 5.41) is 2.80. The van der Waals surface area contributed by atoms with Crippen LogP contribution in [0.4, 0.5) is 4.39 Å². The van der Waals surface area contributed by atoms with Crippen LogP contribution in [0.25, 0.3) is 0 Å². The number of rotatable bonds is 6. The van der Waals surface area contributed by atoms with Crippen LogP contribution in [0.3, 0.4) is 0 Å². The topological polar surface area (TPSA) is 75.7 Å². The smallest absolute Gasteiger partial charge is 0.251 e. The Morgan fingerprint density at radius 1 is 1.17 bits per heavy atom. The zero-order chi connectivity index (χ0) is 22.1. The van der Waals surface area contributed by atoms with Gasteiger partial charge in [-0.25, -0.2) is 12.8 Å². The quantitative estimate of drug-likeness (QED) is 0.628. The molecular formula is C20H21Cl2FN2O4S. The van der Waals surface area contributed by atoms with Crippen LogP contribution in [-0.4, -0.2) is 38.8 Å². The van der Waals surface area contributed by atoms with Crippen molar-refractivity contribution in [3.05, 3.63) is 57.3 Å². The van der Waals surface area contributed by atoms with Gasteiger partial charge in [-0.05, 0) is 55.7 Å². The number of carbonyl (C=O) groups is 1. The Bertz CT molecular complexity index is 1070. The molecule has 2 aromatic rings. The molecule has 1 amide bonds. The van der Waals surface area contributed by atoms with Gasteiger partial charge in [-0.2, -0.15) is 4.31 Å². The summed E-state index contributed by atoms with van der Waals surface area (Å²) in [4.78, 5) is 12.7. The van der Waals surface area contributed by atoms with Crippen LogP contribution in [0.5, 0.6) is 5.75 Å². The number of sulfonamides is 1. The number of hydrogen-bond donors (Lipinski definition) is 1. The van der Waals surface area contributed by atoms with Crippen LogP contribution in [-0.2, 0) is 10.0 Å². The summed E-state index contributed by atoms with van der Waals surface area (Å²) in [6.07, 6.45) is 1.58. The molecule has 10 heteroatoms. The first-order valence-electron chi connectivity index (χ1n) is 9.28. The number of benzene rings is 2. The van der Waals surface area contributed by atoms with E-state index >= 15 is 0 Å². The van der Waals surface area contributed by atoms with E-state index in [-0.39, 0.29) is 26.3 Å². The zero-order valence-electron chi connectivity index (χ0n) is 16.4. The number of methoxy groups -OCH3 is 1. The molecule has 1 fully saturated rings. The average molecular weight is 475 g/mol. The van der Waals surface area contributed by atoms with Crippen molar-refractivity contribution >= 4 is 39.1 Å². The average Bonchev–Trinajstić information content (AvgIpc) is 3.25. The molecule has 1 atom stereocenters. The standard InChI is InChI=1S/C20H21Cl2FN2O4S/c1-12(14-10-17(23)16(22)11-15(14)21)24-20(26)13-5-6-18(29-2)19(9-13)30(27,28)25-7-3-4-8-25/h5-6,9-12H,3-4,7-8H2,1-2H3,(H,24,26). The van der Waals surface area contributed by atoms with Crippen molar-refractivity contribution in [3.8, 4) is 5.75 Å². The lowest BCUT2D eigenvalue weighted by Gasteiger charge is -2.19. The first-order chi connectivity index (χ1) is 14.1. The number of carbonyl (C=O) groups excluding carboxylic acids is 1. The minimum atomic E-state index is -3.79. The van der Waals surface area contributed by atoms with E-state index in [0.29, 0.717) is 18.7 Å². The van der Waals surface area contributed by atoms with Gasteiger partial charge in [0.1, 0.15) is 16.5 Å². The van der Waals surface area contributed by atoms with Crippen molar-refractivity contribution in [1.82, 2.24) is 9.62 Å². The molecule has 0 spiro atoms. The summed E-state index contributed by atoms with van der Waals surface area (Å²) in [5.74, 6) is -1.02. The monoisotopic (exact) mass is 474 g/mol. The minimum Gasteiger partial charge on any atom is -0.495 e. The number of ether oxygens (including phenoxy) is 1. The molecule has 1 aliphatic heterocycles. The Kier molecular flexibility index (Phi) is 6.91. The van der Waals surface area contributed by atoms with Crippen molar-refractivity contribution in [3.63, 3.8) is 0 Å². The van der Waals surface area contributed by atoms with Crippen LogP contribution in [0.15, 0.2) is 35.2 Å². The highest BCUT2D eigenvalue weighted by Gasteiger charge is 2.31. The molecule has 0 aromatic heterocycles. The number of nitrogens with one attached hydrogen (secondary N) is 1. The fourth-order valence-corrected chi connectivity index (χ4v) is 5.56. The molecule has 1 N–H and O–H groups in total. The summed E-state index contributed by atoms with van der Waals surface area (Å²) in [7, 11) is -2.42. The normalized spacial score (nSPS) is 15.8. The van der Waals surface area contributed by atoms with Gasteiger partial charge >= 0.3 is 0 Å². The van der Waals surface area contributed by atoms with Crippen LogP contribution < -0.4 is 10.1 Å². The van der Waals surface area contributed by atoms with Crippen LogP contribution in [0.2, 0.25) is 10.0 Å². The van der Waals surface area contributed by atoms with E-state index in [0.717, 1.165) is 18.9 Å². The van der Waals surface area contributed by atoms with E-state index in [2.05, 4.69) is 5.32 Å². The molecule has 6 nitrogen and oxygen atoms in total. The van der Waals surface area contributed by atoms with Crippen LogP contribution in [0, 0.1) is 5.82 Å². The molecule has 0 aliphatic carbocycles. The summed E-state index contributed by atoms with van der Waals surface area (Å²) < 4.78 is 46.4. The maximum Gasteiger partial charge on any atom is 0.251 e.